The first-order valence-corrected chi connectivity index (χ1v) is 20.0. The molecule has 2 aliphatic rings. The van der Waals surface area contributed by atoms with Crippen LogP contribution in [0.2, 0.25) is 0 Å². The van der Waals surface area contributed by atoms with Gasteiger partial charge in [-0.05, 0) is 156 Å². The molecule has 0 amide bonds. The minimum absolute atomic E-state index is 0.0663. The molecule has 0 unspecified atom stereocenters. The predicted octanol–water partition coefficient (Wildman–Crippen LogP) is 15.3. The van der Waals surface area contributed by atoms with Crippen LogP contribution in [0.3, 0.4) is 0 Å². The van der Waals surface area contributed by atoms with E-state index in [2.05, 4.69) is 193 Å². The third-order valence-electron chi connectivity index (χ3n) is 13.1. The largest absolute Gasteiger partial charge is 0.456 e. The molecule has 0 bridgehead atoms. The lowest BCUT2D eigenvalue weighted by Gasteiger charge is -2.29. The highest BCUT2D eigenvalue weighted by Gasteiger charge is 2.38. The number of para-hydroxylation sites is 1. The number of benzene rings is 8. The summed E-state index contributed by atoms with van der Waals surface area (Å²) in [5, 5.41) is 7.45. The van der Waals surface area contributed by atoms with Gasteiger partial charge in [0.05, 0.1) is 0 Å². The third kappa shape index (κ3) is 4.68. The quantitative estimate of drug-likeness (QED) is 0.180. The molecule has 0 radical (unpaired) electrons. The van der Waals surface area contributed by atoms with E-state index >= 15 is 0 Å². The predicted molar refractivity (Wildman–Crippen MR) is 237 cm³/mol. The van der Waals surface area contributed by atoms with Gasteiger partial charge in [-0.25, -0.2) is 0 Å². The van der Waals surface area contributed by atoms with Gasteiger partial charge >= 0.3 is 0 Å². The average Bonchev–Trinajstić information content (AvgIpc) is 3.74. The van der Waals surface area contributed by atoms with E-state index in [0.717, 1.165) is 28.2 Å². The summed E-state index contributed by atoms with van der Waals surface area (Å²) in [4.78, 5) is 2.45. The fraction of sp³-hybridized carbons (Fsp3) is 0.185. The van der Waals surface area contributed by atoms with Crippen LogP contribution >= 0.6 is 0 Å². The third-order valence-corrected chi connectivity index (χ3v) is 13.1. The molecule has 11 rings (SSSR count). The monoisotopic (exact) mass is 723 g/mol. The summed E-state index contributed by atoms with van der Waals surface area (Å²) in [6.45, 7) is 16.3. The van der Waals surface area contributed by atoms with Crippen molar-refractivity contribution < 1.29 is 4.42 Å². The van der Waals surface area contributed by atoms with Gasteiger partial charge < -0.3 is 9.32 Å². The maximum atomic E-state index is 6.38. The zero-order valence-electron chi connectivity index (χ0n) is 33.2. The van der Waals surface area contributed by atoms with E-state index in [4.69, 9.17) is 4.42 Å². The van der Waals surface area contributed by atoms with Crippen molar-refractivity contribution >= 4 is 60.5 Å². The van der Waals surface area contributed by atoms with Crippen molar-refractivity contribution in [2.45, 2.75) is 64.7 Å². The highest BCUT2D eigenvalue weighted by molar-refractivity contribution is 6.08. The molecule has 0 aliphatic heterocycles. The molecule has 2 nitrogen and oxygen atoms in total. The summed E-state index contributed by atoms with van der Waals surface area (Å²) < 4.78 is 6.38. The van der Waals surface area contributed by atoms with Crippen molar-refractivity contribution in [2.75, 3.05) is 4.90 Å². The molecule has 2 aliphatic carbocycles. The van der Waals surface area contributed by atoms with Crippen LogP contribution < -0.4 is 4.90 Å². The molecule has 56 heavy (non-hydrogen) atoms. The lowest BCUT2D eigenvalue weighted by molar-refractivity contribution is 0.590. The topological polar surface area (TPSA) is 16.4 Å². The van der Waals surface area contributed by atoms with Crippen molar-refractivity contribution in [2.24, 2.45) is 0 Å². The Labute approximate surface area is 329 Å². The minimum Gasteiger partial charge on any atom is -0.456 e. The number of anilines is 3. The van der Waals surface area contributed by atoms with Crippen LogP contribution in [0.4, 0.5) is 17.1 Å². The zero-order chi connectivity index (χ0) is 38.3. The van der Waals surface area contributed by atoms with Crippen molar-refractivity contribution in [1.29, 1.82) is 0 Å². The summed E-state index contributed by atoms with van der Waals surface area (Å²) in [7, 11) is 0. The van der Waals surface area contributed by atoms with E-state index in [1.54, 1.807) is 0 Å². The zero-order valence-corrected chi connectivity index (χ0v) is 33.2. The minimum atomic E-state index is -0.203. The van der Waals surface area contributed by atoms with Gasteiger partial charge in [-0.1, -0.05) is 115 Å². The second-order valence-corrected chi connectivity index (χ2v) is 18.3. The van der Waals surface area contributed by atoms with Crippen molar-refractivity contribution in [3.63, 3.8) is 0 Å². The van der Waals surface area contributed by atoms with E-state index in [0.29, 0.717) is 0 Å². The molecular weight excluding hydrogens is 679 g/mol. The Kier molecular flexibility index (Phi) is 6.67. The molecule has 0 saturated heterocycles. The van der Waals surface area contributed by atoms with Crippen LogP contribution in [0.25, 0.3) is 65.7 Å². The second kappa shape index (κ2) is 11.2. The molecule has 1 heterocycles. The molecule has 0 N–H and O–H groups in total. The van der Waals surface area contributed by atoms with E-state index in [1.165, 1.54) is 82.4 Å². The first kappa shape index (κ1) is 33.2. The Balaban J connectivity index is 1.07. The lowest BCUT2D eigenvalue weighted by atomic mass is 9.81. The van der Waals surface area contributed by atoms with Crippen LogP contribution in [0.5, 0.6) is 0 Å². The van der Waals surface area contributed by atoms with Crippen LogP contribution in [-0.4, -0.2) is 0 Å². The van der Waals surface area contributed by atoms with Gasteiger partial charge in [0.25, 0.3) is 0 Å². The molecule has 0 atom stereocenters. The van der Waals surface area contributed by atoms with Crippen molar-refractivity contribution in [3.8, 4) is 22.3 Å². The van der Waals surface area contributed by atoms with Gasteiger partial charge in [0.2, 0.25) is 0 Å². The molecule has 0 spiro atoms. The second-order valence-electron chi connectivity index (χ2n) is 18.3. The summed E-state index contributed by atoms with van der Waals surface area (Å²) in [6.07, 6.45) is 0. The molecular formula is C54H45NO. The smallest absolute Gasteiger partial charge is 0.135 e. The van der Waals surface area contributed by atoms with Gasteiger partial charge in [-0.2, -0.15) is 0 Å². The van der Waals surface area contributed by atoms with E-state index < -0.39 is 0 Å². The Morgan fingerprint density at radius 2 is 0.946 bits per heavy atom. The molecule has 272 valence electrons. The fourth-order valence-electron chi connectivity index (χ4n) is 9.93. The molecule has 8 aromatic carbocycles. The molecule has 0 fully saturated rings. The standard InChI is InChI=1S/C54H45NO/c1-52(2,3)36-17-20-37(21-18-36)55(39-22-23-40-44-30-45-41-14-10-11-15-50(41)56-51(45)31-49(44)54(6,7)48(40)29-39)38-19-16-34-26-43-42-25-32-12-8-9-13-33(32)27-46(42)53(4,5)47(43)28-35(34)24-38/h8-31H,1-7H3. The van der Waals surface area contributed by atoms with Gasteiger partial charge in [0, 0.05) is 38.7 Å². The highest BCUT2D eigenvalue weighted by Crippen LogP contribution is 2.54. The van der Waals surface area contributed by atoms with Crippen LogP contribution in [0, 0.1) is 0 Å². The van der Waals surface area contributed by atoms with Gasteiger partial charge in [0.15, 0.2) is 0 Å². The first-order valence-electron chi connectivity index (χ1n) is 20.0. The number of nitrogens with zero attached hydrogens (tertiary/aromatic N) is 1. The normalized spacial score (nSPS) is 15.0. The summed E-state index contributed by atoms with van der Waals surface area (Å²) in [5.41, 5.74) is 17.2. The summed E-state index contributed by atoms with van der Waals surface area (Å²) in [5.74, 6) is 0. The molecule has 1 aromatic heterocycles. The Morgan fingerprint density at radius 3 is 1.66 bits per heavy atom. The number of hydrogen-bond acceptors (Lipinski definition) is 2. The average molecular weight is 724 g/mol. The van der Waals surface area contributed by atoms with E-state index in [1.807, 2.05) is 6.07 Å². The fourth-order valence-corrected chi connectivity index (χ4v) is 9.93. The Morgan fingerprint density at radius 1 is 0.411 bits per heavy atom. The molecule has 9 aromatic rings. The van der Waals surface area contributed by atoms with Crippen molar-refractivity contribution in [3.05, 3.63) is 173 Å². The van der Waals surface area contributed by atoms with Crippen LogP contribution in [-0.2, 0) is 16.2 Å². The maximum absolute atomic E-state index is 6.38. The van der Waals surface area contributed by atoms with E-state index in [9.17, 15) is 0 Å². The van der Waals surface area contributed by atoms with Crippen molar-refractivity contribution in [1.82, 2.24) is 0 Å². The summed E-state index contributed by atoms with van der Waals surface area (Å²) in [6, 6.07) is 54.8. The maximum Gasteiger partial charge on any atom is 0.135 e. The SMILES string of the molecule is CC(C)(C)c1ccc(N(c2ccc3c(c2)C(C)(C)c2cc4oc5ccccc5c4cc2-3)c2ccc3cc4c(cc3c2)C(C)(C)c2cc3ccccc3cc2-4)cc1. The Bertz CT molecular complexity index is 3110. The van der Waals surface area contributed by atoms with Gasteiger partial charge in [-0.3, -0.25) is 0 Å². The Hall–Kier alpha value is -6.12. The van der Waals surface area contributed by atoms with Gasteiger partial charge in [0.1, 0.15) is 11.2 Å². The summed E-state index contributed by atoms with van der Waals surface area (Å²) >= 11 is 0. The first-order chi connectivity index (χ1) is 26.9. The number of hydrogen-bond donors (Lipinski definition) is 0. The number of furan rings is 1. The lowest BCUT2D eigenvalue weighted by Crippen LogP contribution is -2.17. The van der Waals surface area contributed by atoms with Gasteiger partial charge in [-0.15, -0.1) is 0 Å². The molecule has 2 heteroatoms. The van der Waals surface area contributed by atoms with E-state index in [-0.39, 0.29) is 16.2 Å². The highest BCUT2D eigenvalue weighted by atomic mass is 16.3. The number of fused-ring (bicyclic) bond motifs is 11. The molecule has 0 saturated carbocycles. The number of rotatable bonds is 3. The van der Waals surface area contributed by atoms with Crippen LogP contribution in [0.1, 0.15) is 76.3 Å². The van der Waals surface area contributed by atoms with Crippen LogP contribution in [0.15, 0.2) is 150 Å².